The molecule has 0 spiro atoms. The number of alkyl halides is 3. The highest BCUT2D eigenvalue weighted by Crippen LogP contribution is 2.29. The lowest BCUT2D eigenvalue weighted by molar-refractivity contribution is -0.154. The van der Waals surface area contributed by atoms with Crippen molar-refractivity contribution in [1.29, 1.82) is 0 Å². The summed E-state index contributed by atoms with van der Waals surface area (Å²) in [4.78, 5) is 41.7. The van der Waals surface area contributed by atoms with Crippen molar-refractivity contribution in [2.24, 2.45) is 5.92 Å². The van der Waals surface area contributed by atoms with E-state index in [0.29, 0.717) is 29.5 Å². The van der Waals surface area contributed by atoms with E-state index in [4.69, 9.17) is 51.8 Å². The fourth-order valence-corrected chi connectivity index (χ4v) is 4.18. The molecule has 40 heavy (non-hydrogen) atoms. The highest BCUT2D eigenvalue weighted by atomic mass is 19.4. The smallest absolute Gasteiger partial charge is 0.422 e. The summed E-state index contributed by atoms with van der Waals surface area (Å²) < 4.78 is 47.0. The molecule has 0 N–H and O–H groups in total. The van der Waals surface area contributed by atoms with Crippen LogP contribution >= 0.6 is 0 Å². The van der Waals surface area contributed by atoms with Crippen LogP contribution in [-0.2, 0) is 9.59 Å². The van der Waals surface area contributed by atoms with Gasteiger partial charge in [0.05, 0.1) is 77.3 Å². The first kappa shape index (κ1) is 29.7. The minimum absolute atomic E-state index is 0.188. The second kappa shape index (κ2) is 11.0. The Morgan fingerprint density at radius 2 is 1.62 bits per heavy atom. The van der Waals surface area contributed by atoms with Gasteiger partial charge < -0.3 is 24.2 Å². The lowest BCUT2D eigenvalue weighted by Gasteiger charge is -2.52. The number of anilines is 2. The van der Waals surface area contributed by atoms with E-state index in [1.54, 1.807) is 4.90 Å². The second-order valence-corrected chi connectivity index (χ2v) is 9.41. The van der Waals surface area contributed by atoms with Gasteiger partial charge in [-0.3, -0.25) is 9.59 Å². The molecule has 2 saturated heterocycles. The molecule has 2 amide bonds. The maximum atomic E-state index is 12.9. The predicted molar refractivity (Wildman–Crippen MR) is 142 cm³/mol. The lowest BCUT2D eigenvalue weighted by Crippen LogP contribution is -2.69. The van der Waals surface area contributed by atoms with Crippen molar-refractivity contribution in [2.45, 2.75) is 29.2 Å². The van der Waals surface area contributed by atoms with Gasteiger partial charge in [-0.15, -0.1) is 0 Å². The number of pyridine rings is 1. The van der Waals surface area contributed by atoms with Crippen LogP contribution in [0.1, 0.15) is 6.42 Å². The number of nitrogens with zero attached hydrogens (tertiary/aromatic N) is 6. The Labute approximate surface area is 236 Å². The van der Waals surface area contributed by atoms with E-state index in [1.165, 1.54) is 35.6 Å². The van der Waals surface area contributed by atoms with E-state index in [9.17, 15) is 22.8 Å². The van der Waals surface area contributed by atoms with Crippen LogP contribution in [0.5, 0.6) is 11.6 Å². The summed E-state index contributed by atoms with van der Waals surface area (Å²) >= 11 is 0. The molecule has 2 aliphatic heterocycles. The van der Waals surface area contributed by atoms with Gasteiger partial charge in [-0.05, 0) is 6.07 Å². The highest BCUT2D eigenvalue weighted by molar-refractivity contribution is 6.64. The quantitative estimate of drug-likeness (QED) is 0.355. The Morgan fingerprint density at radius 1 is 1.00 bits per heavy atom. The Balaban J connectivity index is 1.31. The van der Waals surface area contributed by atoms with Crippen LogP contribution in [0, 0.1) is 5.92 Å². The normalized spacial score (nSPS) is 18.4. The van der Waals surface area contributed by atoms with E-state index >= 15 is 0 Å². The molecule has 0 aromatic carbocycles. The Morgan fingerprint density at radius 3 is 2.15 bits per heavy atom. The van der Waals surface area contributed by atoms with Crippen LogP contribution < -0.4 is 19.3 Å². The predicted octanol–water partition coefficient (Wildman–Crippen LogP) is -1.50. The highest BCUT2D eigenvalue weighted by Gasteiger charge is 2.42. The summed E-state index contributed by atoms with van der Waals surface area (Å²) in [7, 11) is 33.6. The first-order chi connectivity index (χ1) is 18.5. The van der Waals surface area contributed by atoms with Gasteiger partial charge in [-0.1, -0.05) is 10.5 Å². The average Bonchev–Trinajstić information content (AvgIpc) is 3.15. The van der Waals surface area contributed by atoms with Crippen molar-refractivity contribution in [2.75, 3.05) is 36.0 Å². The largest absolute Gasteiger partial charge is 0.479 e. The molecule has 19 heteroatoms. The second-order valence-electron chi connectivity index (χ2n) is 9.41. The maximum Gasteiger partial charge on any atom is 0.422 e. The fourth-order valence-electron chi connectivity index (χ4n) is 4.18. The van der Waals surface area contributed by atoms with Crippen LogP contribution in [0.25, 0.3) is 0 Å². The molecule has 4 rings (SSSR count). The summed E-state index contributed by atoms with van der Waals surface area (Å²) in [6, 6.07) is 2.58. The minimum atomic E-state index is -4.49. The number of rotatable bonds is 9. The van der Waals surface area contributed by atoms with Crippen LogP contribution in [0.15, 0.2) is 30.7 Å². The van der Waals surface area contributed by atoms with Gasteiger partial charge in [-0.25, -0.2) is 15.0 Å². The van der Waals surface area contributed by atoms with Crippen LogP contribution in [-0.4, -0.2) is 128 Å². The monoisotopic (exact) mass is 540 g/mol. The number of aromatic nitrogens is 3. The molecule has 0 saturated carbocycles. The zero-order valence-corrected chi connectivity index (χ0v) is 21.0. The van der Waals surface area contributed by atoms with E-state index in [-0.39, 0.29) is 30.6 Å². The number of hydrogen-bond donors (Lipinski definition) is 0. The van der Waals surface area contributed by atoms with Crippen molar-refractivity contribution in [3.8, 4) is 11.6 Å². The van der Waals surface area contributed by atoms with Gasteiger partial charge in [0.2, 0.25) is 17.7 Å². The van der Waals surface area contributed by atoms with Gasteiger partial charge in [0.1, 0.15) is 5.75 Å². The molecule has 10 nitrogen and oxygen atoms in total. The molecule has 0 aliphatic carbocycles. The Bertz CT molecular complexity index is 1210. The molecule has 1 atom stereocenters. The number of amides is 2. The first-order valence-corrected chi connectivity index (χ1v) is 11.8. The molecular formula is C21H17B6F3N6O4. The summed E-state index contributed by atoms with van der Waals surface area (Å²) in [5, 5.41) is -4.36. The average molecular weight is 539 g/mol. The van der Waals surface area contributed by atoms with E-state index < -0.39 is 41.2 Å². The van der Waals surface area contributed by atoms with Crippen LogP contribution in [0.4, 0.5) is 24.8 Å². The molecule has 12 radical (unpaired) electrons. The molecule has 2 fully saturated rings. The Kier molecular flexibility index (Phi) is 8.15. The summed E-state index contributed by atoms with van der Waals surface area (Å²) in [5.41, 5.74) is 0.423. The van der Waals surface area contributed by atoms with E-state index in [2.05, 4.69) is 19.7 Å². The van der Waals surface area contributed by atoms with Gasteiger partial charge >= 0.3 is 6.18 Å². The Hall–Kier alpha value is -3.25. The number of ether oxygens (including phenoxy) is 2. The van der Waals surface area contributed by atoms with Crippen molar-refractivity contribution in [3.63, 3.8) is 0 Å². The molecule has 0 bridgehead atoms. The van der Waals surface area contributed by atoms with Crippen LogP contribution in [0.3, 0.4) is 0 Å². The standard InChI is InChI=1S/C21H17B6F3N6O4/c22-20(23,24)36(21(25,26)27)16(37)11-8-34(9-11)18-32-5-12(6-33-18)35-4-3-14(17(35)38)40-13-1-2-15(31-7-13)39-10-19(28,29)30/h1-2,5-7,11,14H,3-4,8-10H2/t14-/m1/s1. The molecule has 194 valence electrons. The number of hydrogen-bond acceptors (Lipinski definition) is 8. The van der Waals surface area contributed by atoms with Crippen LogP contribution in [0.2, 0.25) is 0 Å². The molecule has 4 heterocycles. The summed E-state index contributed by atoms with van der Waals surface area (Å²) in [6.45, 7) is -0.775. The third kappa shape index (κ3) is 6.90. The fraction of sp³-hybridized carbons (Fsp3) is 0.476. The molecule has 2 aliphatic rings. The van der Waals surface area contributed by atoms with Crippen molar-refractivity contribution < 1.29 is 32.2 Å². The van der Waals surface area contributed by atoms with Gasteiger partial charge in [-0.2, -0.15) is 13.2 Å². The zero-order chi connectivity index (χ0) is 29.5. The molecular weight excluding hydrogens is 522 g/mol. The zero-order valence-electron chi connectivity index (χ0n) is 21.0. The topological polar surface area (TPSA) is 101 Å². The van der Waals surface area contributed by atoms with E-state index in [0.717, 1.165) is 0 Å². The third-order valence-electron chi connectivity index (χ3n) is 5.97. The minimum Gasteiger partial charge on any atom is -0.479 e. The number of halogens is 3. The molecule has 2 aromatic rings. The van der Waals surface area contributed by atoms with Crippen molar-refractivity contribution >= 4 is 70.5 Å². The summed E-state index contributed by atoms with van der Waals surface area (Å²) in [6.07, 6.45) is -0.907. The van der Waals surface area contributed by atoms with Gasteiger partial charge in [0, 0.05) is 32.1 Å². The SMILES string of the molecule is [B]C([B])([B])N(C(=O)C1CN(c2ncc(N3CC[C@@H](Oc4ccc(OCC(F)(F)F)nc4)C3=O)cn2)C1)C([B])([B])[B]. The van der Waals surface area contributed by atoms with Crippen molar-refractivity contribution in [1.82, 2.24) is 19.9 Å². The lowest BCUT2D eigenvalue weighted by atomic mass is 9.40. The van der Waals surface area contributed by atoms with E-state index in [1.807, 2.05) is 0 Å². The maximum absolute atomic E-state index is 12.9. The summed E-state index contributed by atoms with van der Waals surface area (Å²) in [5.74, 6) is -1.35. The first-order valence-electron chi connectivity index (χ1n) is 11.8. The molecule has 2 aromatic heterocycles. The van der Waals surface area contributed by atoms with Crippen molar-refractivity contribution in [3.05, 3.63) is 30.7 Å². The van der Waals surface area contributed by atoms with Gasteiger partial charge in [0.15, 0.2) is 12.7 Å². The number of carbonyl (C=O) groups is 2. The number of carbonyl (C=O) groups excluding carboxylic acids is 2. The third-order valence-corrected chi connectivity index (χ3v) is 5.97. The van der Waals surface area contributed by atoms with Gasteiger partial charge in [0.25, 0.3) is 5.91 Å². The molecule has 0 unspecified atom stereocenters.